The van der Waals surface area contributed by atoms with Gasteiger partial charge in [0.15, 0.2) is 0 Å². The summed E-state index contributed by atoms with van der Waals surface area (Å²) in [6.07, 6.45) is 3.97. The normalized spacial score (nSPS) is 10.0. The Labute approximate surface area is 116 Å². The van der Waals surface area contributed by atoms with Crippen LogP contribution in [0.25, 0.3) is 0 Å². The van der Waals surface area contributed by atoms with E-state index in [9.17, 15) is 9.59 Å². The Kier molecular flexibility index (Phi) is 6.21. The molecule has 19 heavy (non-hydrogen) atoms. The van der Waals surface area contributed by atoms with Crippen LogP contribution < -0.4 is 0 Å². The SMILES string of the molecule is C=CCN(CCC)C(=O)c1cnc(C(=O)OCC)s1. The topological polar surface area (TPSA) is 59.5 Å². The number of amides is 1. The molecule has 0 N–H and O–H groups in total. The summed E-state index contributed by atoms with van der Waals surface area (Å²) in [5.41, 5.74) is 0. The van der Waals surface area contributed by atoms with Gasteiger partial charge in [-0.05, 0) is 13.3 Å². The van der Waals surface area contributed by atoms with Gasteiger partial charge in [-0.3, -0.25) is 4.79 Å². The van der Waals surface area contributed by atoms with Crippen molar-refractivity contribution in [3.8, 4) is 0 Å². The van der Waals surface area contributed by atoms with E-state index in [1.807, 2.05) is 6.92 Å². The Balaban J connectivity index is 2.81. The number of carbonyl (C=O) groups is 2. The summed E-state index contributed by atoms with van der Waals surface area (Å²) >= 11 is 1.06. The minimum absolute atomic E-state index is 0.130. The fraction of sp³-hybridized carbons (Fsp3) is 0.462. The molecular formula is C13H18N2O3S. The molecule has 0 aliphatic rings. The molecule has 0 aliphatic heterocycles. The van der Waals surface area contributed by atoms with E-state index in [1.54, 1.807) is 17.9 Å². The monoisotopic (exact) mass is 282 g/mol. The number of esters is 1. The lowest BCUT2D eigenvalue weighted by Crippen LogP contribution is -2.31. The van der Waals surface area contributed by atoms with E-state index >= 15 is 0 Å². The first-order chi connectivity index (χ1) is 9.13. The van der Waals surface area contributed by atoms with Gasteiger partial charge in [0.1, 0.15) is 4.88 Å². The number of hydrogen-bond donors (Lipinski definition) is 0. The van der Waals surface area contributed by atoms with Crippen molar-refractivity contribution in [1.29, 1.82) is 0 Å². The maximum atomic E-state index is 12.2. The molecule has 0 saturated carbocycles. The maximum absolute atomic E-state index is 12.2. The van der Waals surface area contributed by atoms with Crippen LogP contribution >= 0.6 is 11.3 Å². The first-order valence-electron chi connectivity index (χ1n) is 6.17. The largest absolute Gasteiger partial charge is 0.461 e. The molecule has 0 aromatic carbocycles. The van der Waals surface area contributed by atoms with Crippen LogP contribution in [0.4, 0.5) is 0 Å². The summed E-state index contributed by atoms with van der Waals surface area (Å²) in [5, 5.41) is 0.209. The standard InChI is InChI=1S/C13H18N2O3S/c1-4-7-15(8-5-2)12(16)10-9-14-11(19-10)13(17)18-6-3/h4,9H,1,5-8H2,2-3H3. The fourth-order valence-corrected chi connectivity index (χ4v) is 2.30. The molecule has 0 unspecified atom stereocenters. The Hall–Kier alpha value is -1.69. The van der Waals surface area contributed by atoms with Gasteiger partial charge in [-0.1, -0.05) is 13.0 Å². The van der Waals surface area contributed by atoms with Crippen LogP contribution in [0, 0.1) is 0 Å². The zero-order valence-electron chi connectivity index (χ0n) is 11.2. The molecule has 0 aliphatic carbocycles. The third kappa shape index (κ3) is 4.17. The van der Waals surface area contributed by atoms with Crippen LogP contribution in [-0.4, -0.2) is 41.5 Å². The second-order valence-electron chi connectivity index (χ2n) is 3.79. The zero-order chi connectivity index (χ0) is 14.3. The molecule has 1 amide bonds. The first kappa shape index (κ1) is 15.4. The van der Waals surface area contributed by atoms with E-state index in [1.165, 1.54) is 6.20 Å². The number of nitrogens with zero attached hydrogens (tertiary/aromatic N) is 2. The Bertz CT molecular complexity index is 456. The lowest BCUT2D eigenvalue weighted by Gasteiger charge is -2.18. The molecular weight excluding hydrogens is 264 g/mol. The Morgan fingerprint density at radius 3 is 2.84 bits per heavy atom. The van der Waals surface area contributed by atoms with Crippen molar-refractivity contribution in [3.05, 3.63) is 28.7 Å². The number of thiazole rings is 1. The molecule has 0 saturated heterocycles. The predicted octanol–water partition coefficient (Wildman–Crippen LogP) is 2.36. The molecule has 1 heterocycles. The zero-order valence-corrected chi connectivity index (χ0v) is 12.0. The molecule has 1 aromatic rings. The van der Waals surface area contributed by atoms with E-state index < -0.39 is 5.97 Å². The van der Waals surface area contributed by atoms with Gasteiger partial charge in [0.2, 0.25) is 5.01 Å². The Morgan fingerprint density at radius 1 is 1.53 bits per heavy atom. The lowest BCUT2D eigenvalue weighted by atomic mass is 10.3. The van der Waals surface area contributed by atoms with Crippen molar-refractivity contribution in [2.24, 2.45) is 0 Å². The summed E-state index contributed by atoms with van der Waals surface area (Å²) in [6.45, 7) is 8.79. The summed E-state index contributed by atoms with van der Waals surface area (Å²) in [6, 6.07) is 0. The number of rotatable bonds is 7. The molecule has 0 spiro atoms. The van der Waals surface area contributed by atoms with Crippen molar-refractivity contribution < 1.29 is 14.3 Å². The van der Waals surface area contributed by atoms with Crippen LogP contribution in [0.2, 0.25) is 0 Å². The summed E-state index contributed by atoms with van der Waals surface area (Å²) in [7, 11) is 0. The molecule has 0 bridgehead atoms. The van der Waals surface area contributed by atoms with E-state index in [0.29, 0.717) is 24.6 Å². The van der Waals surface area contributed by atoms with Gasteiger partial charge in [0, 0.05) is 13.1 Å². The van der Waals surface area contributed by atoms with Crippen molar-refractivity contribution in [1.82, 2.24) is 9.88 Å². The molecule has 104 valence electrons. The van der Waals surface area contributed by atoms with Crippen molar-refractivity contribution in [2.45, 2.75) is 20.3 Å². The summed E-state index contributed by atoms with van der Waals surface area (Å²) in [4.78, 5) is 29.7. The molecule has 6 heteroatoms. The second kappa shape index (κ2) is 7.68. The van der Waals surface area contributed by atoms with Crippen LogP contribution in [-0.2, 0) is 4.74 Å². The fourth-order valence-electron chi connectivity index (χ4n) is 1.52. The smallest absolute Gasteiger partial charge is 0.367 e. The third-order valence-corrected chi connectivity index (χ3v) is 3.26. The lowest BCUT2D eigenvalue weighted by molar-refractivity contribution is 0.0525. The van der Waals surface area contributed by atoms with Gasteiger partial charge >= 0.3 is 5.97 Å². The number of ether oxygens (including phenoxy) is 1. The minimum atomic E-state index is -0.489. The van der Waals surface area contributed by atoms with Crippen LogP contribution in [0.1, 0.15) is 39.7 Å². The molecule has 1 rings (SSSR count). The van der Waals surface area contributed by atoms with Gasteiger partial charge in [0.05, 0.1) is 12.8 Å². The summed E-state index contributed by atoms with van der Waals surface area (Å²) in [5.74, 6) is -0.618. The predicted molar refractivity (Wildman–Crippen MR) is 74.5 cm³/mol. The highest BCUT2D eigenvalue weighted by molar-refractivity contribution is 7.15. The van der Waals surface area contributed by atoms with Crippen LogP contribution in [0.3, 0.4) is 0 Å². The highest BCUT2D eigenvalue weighted by Gasteiger charge is 2.19. The van der Waals surface area contributed by atoms with E-state index in [-0.39, 0.29) is 10.9 Å². The highest BCUT2D eigenvalue weighted by Crippen LogP contribution is 2.16. The van der Waals surface area contributed by atoms with Crippen LogP contribution in [0.5, 0.6) is 0 Å². The molecule has 0 fully saturated rings. The van der Waals surface area contributed by atoms with Gasteiger partial charge in [-0.2, -0.15) is 0 Å². The minimum Gasteiger partial charge on any atom is -0.461 e. The van der Waals surface area contributed by atoms with Gasteiger partial charge in [-0.25, -0.2) is 9.78 Å². The second-order valence-corrected chi connectivity index (χ2v) is 4.82. The number of aromatic nitrogens is 1. The van der Waals surface area contributed by atoms with Crippen molar-refractivity contribution in [2.75, 3.05) is 19.7 Å². The molecule has 0 atom stereocenters. The molecule has 5 nitrogen and oxygen atoms in total. The van der Waals surface area contributed by atoms with Crippen LogP contribution in [0.15, 0.2) is 18.9 Å². The van der Waals surface area contributed by atoms with E-state index in [0.717, 1.165) is 17.8 Å². The Morgan fingerprint density at radius 2 is 2.26 bits per heavy atom. The average Bonchev–Trinajstić information content (AvgIpc) is 2.87. The quantitative estimate of drug-likeness (QED) is 0.569. The van der Waals surface area contributed by atoms with E-state index in [4.69, 9.17) is 4.74 Å². The first-order valence-corrected chi connectivity index (χ1v) is 6.98. The summed E-state index contributed by atoms with van der Waals surface area (Å²) < 4.78 is 4.84. The molecule has 0 radical (unpaired) electrons. The van der Waals surface area contributed by atoms with Gasteiger partial charge in [-0.15, -0.1) is 17.9 Å². The number of hydrogen-bond acceptors (Lipinski definition) is 5. The van der Waals surface area contributed by atoms with E-state index in [2.05, 4.69) is 11.6 Å². The number of carbonyl (C=O) groups excluding carboxylic acids is 2. The third-order valence-electron chi connectivity index (χ3n) is 2.30. The molecule has 1 aromatic heterocycles. The maximum Gasteiger partial charge on any atom is 0.367 e. The van der Waals surface area contributed by atoms with Crippen molar-refractivity contribution in [3.63, 3.8) is 0 Å². The van der Waals surface area contributed by atoms with Gasteiger partial charge < -0.3 is 9.64 Å². The average molecular weight is 282 g/mol. The van der Waals surface area contributed by atoms with Gasteiger partial charge in [0.25, 0.3) is 5.91 Å². The highest BCUT2D eigenvalue weighted by atomic mass is 32.1. The van der Waals surface area contributed by atoms with Crippen molar-refractivity contribution >= 4 is 23.2 Å².